The molecule has 0 amide bonds. The number of hydrogen-bond donors (Lipinski definition) is 2. The molecule has 0 unspecified atom stereocenters. The van der Waals surface area contributed by atoms with Crippen molar-refractivity contribution in [3.05, 3.63) is 47.7 Å². The maximum atomic E-state index is 5.96. The molecule has 22 heavy (non-hydrogen) atoms. The van der Waals surface area contributed by atoms with Crippen molar-refractivity contribution in [2.24, 2.45) is 5.73 Å². The van der Waals surface area contributed by atoms with Gasteiger partial charge in [0.2, 0.25) is 5.95 Å². The minimum atomic E-state index is 0.253. The molecular weight excluding hydrogens is 274 g/mol. The van der Waals surface area contributed by atoms with Crippen molar-refractivity contribution in [1.82, 2.24) is 9.97 Å². The van der Waals surface area contributed by atoms with Gasteiger partial charge in [0.15, 0.2) is 0 Å². The molecule has 116 valence electrons. The van der Waals surface area contributed by atoms with Crippen LogP contribution in [0.3, 0.4) is 0 Å². The van der Waals surface area contributed by atoms with E-state index < -0.39 is 0 Å². The maximum absolute atomic E-state index is 5.96. The third-order valence-electron chi connectivity index (χ3n) is 4.07. The molecule has 2 heterocycles. The van der Waals surface area contributed by atoms with E-state index >= 15 is 0 Å². The number of benzene rings is 1. The first kappa shape index (κ1) is 14.8. The molecule has 5 nitrogen and oxygen atoms in total. The summed E-state index contributed by atoms with van der Waals surface area (Å²) in [7, 11) is 0. The molecule has 5 heteroatoms. The minimum Gasteiger partial charge on any atom is -0.355 e. The van der Waals surface area contributed by atoms with Gasteiger partial charge in [0.25, 0.3) is 0 Å². The quantitative estimate of drug-likeness (QED) is 0.885. The molecule has 1 fully saturated rings. The number of aryl methyl sites for hydroxylation is 1. The van der Waals surface area contributed by atoms with Gasteiger partial charge < -0.3 is 16.0 Å². The third kappa shape index (κ3) is 3.54. The highest BCUT2D eigenvalue weighted by atomic mass is 15.2. The number of nitrogens with zero attached hydrogens (tertiary/aromatic N) is 3. The van der Waals surface area contributed by atoms with Crippen molar-refractivity contribution in [1.29, 1.82) is 0 Å². The Hall–Kier alpha value is -2.14. The largest absolute Gasteiger partial charge is 0.355 e. The smallest absolute Gasteiger partial charge is 0.224 e. The zero-order valence-electron chi connectivity index (χ0n) is 13.0. The SMILES string of the molecule is CCc1ccc(CNc2nccc(N3CC[C@H](N)C3)n2)cc1. The highest BCUT2D eigenvalue weighted by Gasteiger charge is 2.20. The average molecular weight is 297 g/mol. The van der Waals surface area contributed by atoms with Crippen LogP contribution in [0.5, 0.6) is 0 Å². The van der Waals surface area contributed by atoms with E-state index in [2.05, 4.69) is 51.4 Å². The van der Waals surface area contributed by atoms with Gasteiger partial charge in [0, 0.05) is 31.9 Å². The molecule has 0 spiro atoms. The van der Waals surface area contributed by atoms with Gasteiger partial charge >= 0.3 is 0 Å². The summed E-state index contributed by atoms with van der Waals surface area (Å²) in [5, 5.41) is 3.29. The molecule has 1 aromatic heterocycles. The molecule has 1 saturated heterocycles. The number of hydrogen-bond acceptors (Lipinski definition) is 5. The summed E-state index contributed by atoms with van der Waals surface area (Å²) < 4.78 is 0. The molecular formula is C17H23N5. The monoisotopic (exact) mass is 297 g/mol. The summed E-state index contributed by atoms with van der Waals surface area (Å²) in [5.74, 6) is 1.62. The second kappa shape index (κ2) is 6.75. The lowest BCUT2D eigenvalue weighted by molar-refractivity contribution is 0.751. The number of anilines is 2. The van der Waals surface area contributed by atoms with E-state index in [1.165, 1.54) is 11.1 Å². The Morgan fingerprint density at radius 3 is 2.68 bits per heavy atom. The second-order valence-electron chi connectivity index (χ2n) is 5.76. The van der Waals surface area contributed by atoms with Gasteiger partial charge in [-0.2, -0.15) is 4.98 Å². The van der Waals surface area contributed by atoms with Gasteiger partial charge in [0.05, 0.1) is 0 Å². The van der Waals surface area contributed by atoms with Crippen molar-refractivity contribution in [3.8, 4) is 0 Å². The number of aromatic nitrogens is 2. The molecule has 3 N–H and O–H groups in total. The van der Waals surface area contributed by atoms with Crippen LogP contribution in [0.25, 0.3) is 0 Å². The predicted octanol–water partition coefficient (Wildman–Crippen LogP) is 2.19. The van der Waals surface area contributed by atoms with E-state index in [0.717, 1.165) is 38.3 Å². The van der Waals surface area contributed by atoms with Gasteiger partial charge in [0.1, 0.15) is 5.82 Å². The van der Waals surface area contributed by atoms with Crippen LogP contribution in [0.4, 0.5) is 11.8 Å². The van der Waals surface area contributed by atoms with Crippen molar-refractivity contribution in [2.75, 3.05) is 23.3 Å². The highest BCUT2D eigenvalue weighted by Crippen LogP contribution is 2.18. The van der Waals surface area contributed by atoms with Crippen LogP contribution in [0, 0.1) is 0 Å². The third-order valence-corrected chi connectivity index (χ3v) is 4.07. The van der Waals surface area contributed by atoms with Crippen LogP contribution in [0.15, 0.2) is 36.5 Å². The summed E-state index contributed by atoms with van der Waals surface area (Å²) in [5.41, 5.74) is 8.54. The number of nitrogens with one attached hydrogen (secondary N) is 1. The van der Waals surface area contributed by atoms with E-state index in [4.69, 9.17) is 5.73 Å². The molecule has 3 rings (SSSR count). The molecule has 0 saturated carbocycles. The summed E-state index contributed by atoms with van der Waals surface area (Å²) in [6.45, 7) is 4.73. The minimum absolute atomic E-state index is 0.253. The lowest BCUT2D eigenvalue weighted by atomic mass is 10.1. The van der Waals surface area contributed by atoms with Gasteiger partial charge in [-0.3, -0.25) is 0 Å². The molecule has 1 aromatic carbocycles. The molecule has 0 radical (unpaired) electrons. The van der Waals surface area contributed by atoms with Gasteiger partial charge in [-0.25, -0.2) is 4.98 Å². The first-order valence-electron chi connectivity index (χ1n) is 7.90. The first-order valence-corrected chi connectivity index (χ1v) is 7.90. The topological polar surface area (TPSA) is 67.1 Å². The molecule has 1 aliphatic rings. The summed E-state index contributed by atoms with van der Waals surface area (Å²) >= 11 is 0. The Labute approximate surface area is 131 Å². The van der Waals surface area contributed by atoms with E-state index in [-0.39, 0.29) is 6.04 Å². The second-order valence-corrected chi connectivity index (χ2v) is 5.76. The van der Waals surface area contributed by atoms with E-state index in [0.29, 0.717) is 5.95 Å². The zero-order chi connectivity index (χ0) is 15.4. The van der Waals surface area contributed by atoms with Crippen molar-refractivity contribution < 1.29 is 0 Å². The summed E-state index contributed by atoms with van der Waals surface area (Å²) in [6, 6.07) is 10.8. The lowest BCUT2D eigenvalue weighted by Crippen LogP contribution is -2.27. The van der Waals surface area contributed by atoms with Crippen molar-refractivity contribution in [2.45, 2.75) is 32.4 Å². The summed E-state index contributed by atoms with van der Waals surface area (Å²) in [6.07, 6.45) is 3.89. The Balaban J connectivity index is 1.62. The average Bonchev–Trinajstić information content (AvgIpc) is 3.00. The van der Waals surface area contributed by atoms with Crippen molar-refractivity contribution in [3.63, 3.8) is 0 Å². The molecule has 1 aliphatic heterocycles. The van der Waals surface area contributed by atoms with Crippen LogP contribution >= 0.6 is 0 Å². The Morgan fingerprint density at radius 2 is 2.00 bits per heavy atom. The fourth-order valence-electron chi connectivity index (χ4n) is 2.68. The van der Waals surface area contributed by atoms with E-state index in [1.807, 2.05) is 6.07 Å². The molecule has 0 bridgehead atoms. The van der Waals surface area contributed by atoms with Gasteiger partial charge in [-0.1, -0.05) is 31.2 Å². The fraction of sp³-hybridized carbons (Fsp3) is 0.412. The molecule has 1 atom stereocenters. The van der Waals surface area contributed by atoms with E-state index in [9.17, 15) is 0 Å². The van der Waals surface area contributed by atoms with Crippen LogP contribution in [-0.4, -0.2) is 29.1 Å². The van der Waals surface area contributed by atoms with Crippen LogP contribution in [-0.2, 0) is 13.0 Å². The Kier molecular flexibility index (Phi) is 4.53. The zero-order valence-corrected chi connectivity index (χ0v) is 13.0. The van der Waals surface area contributed by atoms with Crippen LogP contribution < -0.4 is 16.0 Å². The van der Waals surface area contributed by atoms with Gasteiger partial charge in [-0.05, 0) is 30.0 Å². The Morgan fingerprint density at radius 1 is 1.23 bits per heavy atom. The Bertz CT molecular complexity index is 611. The van der Waals surface area contributed by atoms with Crippen LogP contribution in [0.2, 0.25) is 0 Å². The van der Waals surface area contributed by atoms with E-state index in [1.54, 1.807) is 6.20 Å². The maximum Gasteiger partial charge on any atom is 0.224 e. The first-order chi connectivity index (χ1) is 10.7. The lowest BCUT2D eigenvalue weighted by Gasteiger charge is -2.17. The van der Waals surface area contributed by atoms with Crippen LogP contribution in [0.1, 0.15) is 24.5 Å². The predicted molar refractivity (Wildman–Crippen MR) is 90.0 cm³/mol. The summed E-state index contributed by atoms with van der Waals surface area (Å²) in [4.78, 5) is 11.1. The fourth-order valence-corrected chi connectivity index (χ4v) is 2.68. The molecule has 2 aromatic rings. The molecule has 0 aliphatic carbocycles. The highest BCUT2D eigenvalue weighted by molar-refractivity contribution is 5.44. The normalized spacial score (nSPS) is 17.7. The standard InChI is InChI=1S/C17H23N5/c1-2-13-3-5-14(6-4-13)11-20-17-19-9-7-16(21-17)22-10-8-15(18)12-22/h3-7,9,15H,2,8,10-12,18H2,1H3,(H,19,20,21)/t15-/m0/s1. The number of rotatable bonds is 5. The number of nitrogens with two attached hydrogens (primary N) is 1. The van der Waals surface area contributed by atoms with Crippen molar-refractivity contribution >= 4 is 11.8 Å². The van der Waals surface area contributed by atoms with Gasteiger partial charge in [-0.15, -0.1) is 0 Å².